The van der Waals surface area contributed by atoms with Gasteiger partial charge in [-0.3, -0.25) is 0 Å². The second-order valence-corrected chi connectivity index (χ2v) is 18.8. The van der Waals surface area contributed by atoms with E-state index in [1.54, 1.807) is 11.8 Å². The average molecular weight is 691 g/mol. The fourth-order valence-corrected chi connectivity index (χ4v) is 12.5. The summed E-state index contributed by atoms with van der Waals surface area (Å²) in [5.74, 6) is 0. The Morgan fingerprint density at radius 1 is 0.592 bits per heavy atom. The lowest BCUT2D eigenvalue weighted by molar-refractivity contribution is -0.232. The van der Waals surface area contributed by atoms with Gasteiger partial charge in [0.15, 0.2) is 0 Å². The number of rotatable bonds is 13. The molecule has 1 aliphatic rings. The summed E-state index contributed by atoms with van der Waals surface area (Å²) in [5.41, 5.74) is 1.61. The van der Waals surface area contributed by atoms with Crippen molar-refractivity contribution < 1.29 is 23.7 Å². The lowest BCUT2D eigenvalue weighted by Crippen LogP contribution is -2.72. The summed E-state index contributed by atoms with van der Waals surface area (Å²) in [4.78, 5) is 1.05. The minimum absolute atomic E-state index is 0.225. The van der Waals surface area contributed by atoms with E-state index in [0.717, 1.165) is 26.4 Å². The minimum atomic E-state index is -3.11. The van der Waals surface area contributed by atoms with Crippen LogP contribution in [0.2, 0.25) is 5.04 Å². The smallest absolute Gasteiger partial charge is 0.261 e. The molecule has 1 heterocycles. The van der Waals surface area contributed by atoms with Gasteiger partial charge in [0.2, 0.25) is 0 Å². The fraction of sp³-hybridized carbons (Fsp3) is 0.286. The zero-order chi connectivity index (χ0) is 34.1. The average Bonchev–Trinajstić information content (AvgIpc) is 3.14. The third kappa shape index (κ3) is 8.27. The van der Waals surface area contributed by atoms with E-state index in [1.807, 2.05) is 66.7 Å². The molecule has 5 aromatic rings. The van der Waals surface area contributed by atoms with Gasteiger partial charge in [-0.25, -0.2) is 0 Å². The molecule has 5 aromatic carbocycles. The Hall–Kier alpha value is -3.53. The SMILES string of the molecule is CC(C)(C)[Si](O[C@@H]1[C@H](OCc2ccccc2)[C@@H](Sc2ccccc2)O[C@H](CO)[C@H]1OCc1ccccc1)(c1ccccc1)c1ccccc1. The zero-order valence-electron chi connectivity index (χ0n) is 28.4. The maximum Gasteiger partial charge on any atom is 0.261 e. The van der Waals surface area contributed by atoms with E-state index >= 15 is 0 Å². The first-order chi connectivity index (χ1) is 23.9. The molecule has 0 unspecified atom stereocenters. The lowest BCUT2D eigenvalue weighted by atomic mass is 9.99. The van der Waals surface area contributed by atoms with E-state index in [1.165, 1.54) is 0 Å². The van der Waals surface area contributed by atoms with Crippen LogP contribution in [0.25, 0.3) is 0 Å². The number of hydrogen-bond acceptors (Lipinski definition) is 6. The Kier molecular flexibility index (Phi) is 11.8. The third-order valence-corrected chi connectivity index (χ3v) is 15.3. The number of aliphatic hydroxyl groups is 1. The summed E-state index contributed by atoms with van der Waals surface area (Å²) in [6, 6.07) is 51.8. The second-order valence-electron chi connectivity index (χ2n) is 13.4. The molecule has 0 amide bonds. The summed E-state index contributed by atoms with van der Waals surface area (Å²) in [6.45, 7) is 7.32. The molecule has 0 aliphatic carbocycles. The molecule has 1 fully saturated rings. The van der Waals surface area contributed by atoms with E-state index in [2.05, 4.69) is 106 Å². The van der Waals surface area contributed by atoms with Crippen molar-refractivity contribution >= 4 is 30.5 Å². The van der Waals surface area contributed by atoms with Crippen LogP contribution in [-0.4, -0.2) is 49.9 Å². The molecule has 254 valence electrons. The van der Waals surface area contributed by atoms with Crippen LogP contribution < -0.4 is 10.4 Å². The highest BCUT2D eigenvalue weighted by molar-refractivity contribution is 7.99. The van der Waals surface area contributed by atoms with Gasteiger partial charge in [-0.05, 0) is 38.7 Å². The monoisotopic (exact) mass is 690 g/mol. The van der Waals surface area contributed by atoms with Gasteiger partial charge >= 0.3 is 0 Å². The van der Waals surface area contributed by atoms with E-state index in [4.69, 9.17) is 18.6 Å². The van der Waals surface area contributed by atoms with Gasteiger partial charge in [-0.2, -0.15) is 0 Å². The van der Waals surface area contributed by atoms with E-state index in [-0.39, 0.29) is 11.6 Å². The lowest BCUT2D eigenvalue weighted by Gasteiger charge is -2.52. The molecule has 0 saturated carbocycles. The van der Waals surface area contributed by atoms with E-state index in [9.17, 15) is 5.11 Å². The molecular weight excluding hydrogens is 645 g/mol. The number of thioether (sulfide) groups is 1. The molecule has 0 radical (unpaired) electrons. The molecule has 0 bridgehead atoms. The number of aliphatic hydroxyl groups excluding tert-OH is 1. The molecule has 5 nitrogen and oxygen atoms in total. The first-order valence-corrected chi connectivity index (χ1v) is 19.8. The molecule has 49 heavy (non-hydrogen) atoms. The Bertz CT molecular complexity index is 1650. The molecule has 5 atom stereocenters. The van der Waals surface area contributed by atoms with Crippen LogP contribution >= 0.6 is 11.8 Å². The quantitative estimate of drug-likeness (QED) is 0.128. The van der Waals surface area contributed by atoms with Gasteiger partial charge in [-0.15, -0.1) is 0 Å². The van der Waals surface area contributed by atoms with Crippen molar-refractivity contribution in [2.45, 2.75) is 73.8 Å². The van der Waals surface area contributed by atoms with Crippen molar-refractivity contribution in [3.05, 3.63) is 163 Å². The first kappa shape index (κ1) is 35.3. The molecule has 1 N–H and O–H groups in total. The summed E-state index contributed by atoms with van der Waals surface area (Å²) < 4.78 is 28.5. The molecule has 6 rings (SSSR count). The normalized spacial score (nSPS) is 21.3. The summed E-state index contributed by atoms with van der Waals surface area (Å²) >= 11 is 1.59. The second kappa shape index (κ2) is 16.4. The maximum absolute atomic E-state index is 10.9. The van der Waals surface area contributed by atoms with Crippen LogP contribution in [-0.2, 0) is 31.9 Å². The predicted molar refractivity (Wildman–Crippen MR) is 201 cm³/mol. The molecule has 1 aliphatic heterocycles. The number of benzene rings is 5. The molecule has 0 spiro atoms. The molecule has 1 saturated heterocycles. The Balaban J connectivity index is 1.50. The van der Waals surface area contributed by atoms with Crippen LogP contribution in [0.1, 0.15) is 31.9 Å². The van der Waals surface area contributed by atoms with Gasteiger partial charge in [0.05, 0.1) is 19.8 Å². The minimum Gasteiger partial charge on any atom is -0.399 e. The summed E-state index contributed by atoms with van der Waals surface area (Å²) in [6.07, 6.45) is -2.41. The van der Waals surface area contributed by atoms with Crippen molar-refractivity contribution in [1.82, 2.24) is 0 Å². The van der Waals surface area contributed by atoms with Crippen molar-refractivity contribution in [3.8, 4) is 0 Å². The van der Waals surface area contributed by atoms with Crippen molar-refractivity contribution in [2.75, 3.05) is 6.61 Å². The van der Waals surface area contributed by atoms with Crippen LogP contribution in [0, 0.1) is 0 Å². The molecule has 0 aromatic heterocycles. The Labute approximate surface area is 296 Å². The number of hydrogen-bond donors (Lipinski definition) is 1. The van der Waals surface area contributed by atoms with Gasteiger partial charge in [0.1, 0.15) is 29.9 Å². The van der Waals surface area contributed by atoms with Crippen molar-refractivity contribution in [3.63, 3.8) is 0 Å². The van der Waals surface area contributed by atoms with E-state index in [0.29, 0.717) is 13.2 Å². The van der Waals surface area contributed by atoms with Gasteiger partial charge in [-0.1, -0.05) is 172 Å². The topological polar surface area (TPSA) is 57.2 Å². The van der Waals surface area contributed by atoms with Crippen LogP contribution in [0.5, 0.6) is 0 Å². The predicted octanol–water partition coefficient (Wildman–Crippen LogP) is 7.61. The molecule has 7 heteroatoms. The highest BCUT2D eigenvalue weighted by Gasteiger charge is 2.57. The largest absolute Gasteiger partial charge is 0.399 e. The van der Waals surface area contributed by atoms with Gasteiger partial charge in [0, 0.05) is 4.90 Å². The molecular formula is C42H46O5SSi. The van der Waals surface area contributed by atoms with Crippen molar-refractivity contribution in [2.24, 2.45) is 0 Å². The summed E-state index contributed by atoms with van der Waals surface area (Å²) in [7, 11) is -3.11. The van der Waals surface area contributed by atoms with Crippen LogP contribution in [0.3, 0.4) is 0 Å². The number of ether oxygens (including phenoxy) is 3. The standard InChI is InChI=1S/C42H46O5SSi/c1-42(2,3)49(35-25-15-7-16-26-35,36-27-17-8-18-28-36)47-39-38(44-30-32-19-9-4-10-20-32)37(29-43)46-41(48-34-23-13-6-14-24-34)40(39)45-31-33-21-11-5-12-22-33/h4-28,37-41,43H,29-31H2,1-3H3/t37-,38-,39+,40+,41-/m1/s1. The van der Waals surface area contributed by atoms with Crippen LogP contribution in [0.15, 0.2) is 157 Å². The van der Waals surface area contributed by atoms with E-state index < -0.39 is 38.2 Å². The maximum atomic E-state index is 10.9. The van der Waals surface area contributed by atoms with Gasteiger partial charge in [0.25, 0.3) is 8.32 Å². The van der Waals surface area contributed by atoms with Crippen molar-refractivity contribution in [1.29, 1.82) is 0 Å². The Morgan fingerprint density at radius 3 is 1.47 bits per heavy atom. The highest BCUT2D eigenvalue weighted by Crippen LogP contribution is 2.43. The van der Waals surface area contributed by atoms with Crippen LogP contribution in [0.4, 0.5) is 0 Å². The zero-order valence-corrected chi connectivity index (χ0v) is 30.2. The van der Waals surface area contributed by atoms with Gasteiger partial charge < -0.3 is 23.7 Å². The Morgan fingerprint density at radius 2 is 1.02 bits per heavy atom. The third-order valence-electron chi connectivity index (χ3n) is 9.07. The first-order valence-electron chi connectivity index (χ1n) is 17.0. The highest BCUT2D eigenvalue weighted by atomic mass is 32.2. The fourth-order valence-electron chi connectivity index (χ4n) is 6.69. The summed E-state index contributed by atoms with van der Waals surface area (Å²) in [5, 5.41) is 13.0.